The first-order chi connectivity index (χ1) is 16.4. The molecule has 0 aliphatic heterocycles. The number of benzene rings is 3. The Morgan fingerprint density at radius 1 is 0.941 bits per heavy atom. The predicted molar refractivity (Wildman–Crippen MR) is 127 cm³/mol. The van der Waals surface area contributed by atoms with E-state index < -0.39 is 10.9 Å². The van der Waals surface area contributed by atoms with Crippen molar-refractivity contribution in [3.05, 3.63) is 99.6 Å². The Labute approximate surface area is 196 Å². The smallest absolute Gasteiger partial charge is 0.336 e. The van der Waals surface area contributed by atoms with Gasteiger partial charge in [0.25, 0.3) is 5.69 Å². The van der Waals surface area contributed by atoms with Gasteiger partial charge in [0.05, 0.1) is 30.8 Å². The highest BCUT2D eigenvalue weighted by Gasteiger charge is 2.11. The van der Waals surface area contributed by atoms with Crippen LogP contribution < -0.4 is 14.2 Å². The number of ether oxygens (including phenoxy) is 3. The van der Waals surface area contributed by atoms with Crippen LogP contribution in [-0.2, 0) is 4.79 Å². The number of esters is 1. The number of nitriles is 1. The minimum absolute atomic E-state index is 0.0381. The van der Waals surface area contributed by atoms with Crippen LogP contribution in [0.15, 0.2) is 72.8 Å². The maximum absolute atomic E-state index is 12.3. The zero-order valence-electron chi connectivity index (χ0n) is 18.4. The summed E-state index contributed by atoms with van der Waals surface area (Å²) in [6.45, 7) is 0. The lowest BCUT2D eigenvalue weighted by atomic mass is 10.0. The van der Waals surface area contributed by atoms with Gasteiger partial charge in [-0.15, -0.1) is 0 Å². The highest BCUT2D eigenvalue weighted by atomic mass is 16.6. The number of hydrogen-bond donors (Lipinski definition) is 0. The number of allylic oxidation sites excluding steroid dienone is 1. The normalized spacial score (nSPS) is 11.0. The Kier molecular flexibility index (Phi) is 7.76. The number of para-hydroxylation sites is 1. The second kappa shape index (κ2) is 11.1. The van der Waals surface area contributed by atoms with Gasteiger partial charge >= 0.3 is 5.97 Å². The van der Waals surface area contributed by atoms with E-state index in [-0.39, 0.29) is 11.4 Å². The van der Waals surface area contributed by atoms with Gasteiger partial charge in [0.1, 0.15) is 5.75 Å². The minimum Gasteiger partial charge on any atom is -0.496 e. The second-order valence-electron chi connectivity index (χ2n) is 6.88. The van der Waals surface area contributed by atoms with Crippen molar-refractivity contribution in [2.24, 2.45) is 0 Å². The van der Waals surface area contributed by atoms with Crippen LogP contribution in [0.4, 0.5) is 5.69 Å². The lowest BCUT2D eigenvalue weighted by molar-refractivity contribution is -0.384. The zero-order chi connectivity index (χ0) is 24.5. The van der Waals surface area contributed by atoms with E-state index in [4.69, 9.17) is 14.2 Å². The zero-order valence-corrected chi connectivity index (χ0v) is 18.4. The number of nitrogens with zero attached hydrogens (tertiary/aromatic N) is 2. The summed E-state index contributed by atoms with van der Waals surface area (Å²) in [4.78, 5) is 22.5. The fraction of sp³-hybridized carbons (Fsp3) is 0.0769. The van der Waals surface area contributed by atoms with Gasteiger partial charge in [-0.3, -0.25) is 10.1 Å². The number of nitro benzene ring substituents is 1. The Bertz CT molecular complexity index is 1300. The van der Waals surface area contributed by atoms with Gasteiger partial charge in [0, 0.05) is 23.8 Å². The Balaban J connectivity index is 1.78. The summed E-state index contributed by atoms with van der Waals surface area (Å²) in [6, 6.07) is 20.0. The largest absolute Gasteiger partial charge is 0.496 e. The van der Waals surface area contributed by atoms with Crippen LogP contribution in [-0.4, -0.2) is 25.1 Å². The Hall–Kier alpha value is -4.90. The van der Waals surface area contributed by atoms with Crippen molar-refractivity contribution in [2.75, 3.05) is 14.2 Å². The van der Waals surface area contributed by atoms with Crippen LogP contribution in [0.1, 0.15) is 16.7 Å². The standard InChI is InChI=1S/C26H20N2O6/c1-32-23-6-4-3-5-22(23)20(17-27)15-19-9-13-24(25(16-19)33-2)34-26(29)14-10-18-7-11-21(12-8-18)28(30)31/h3-16H,1-2H3/b14-10+,20-15-. The molecule has 0 saturated carbocycles. The van der Waals surface area contributed by atoms with Crippen molar-refractivity contribution in [3.63, 3.8) is 0 Å². The first-order valence-electron chi connectivity index (χ1n) is 10.0. The van der Waals surface area contributed by atoms with Gasteiger partial charge in [-0.1, -0.05) is 18.2 Å². The summed E-state index contributed by atoms with van der Waals surface area (Å²) in [5, 5.41) is 20.4. The van der Waals surface area contributed by atoms with Crippen LogP contribution >= 0.6 is 0 Å². The Morgan fingerprint density at radius 3 is 2.26 bits per heavy atom. The van der Waals surface area contributed by atoms with E-state index in [1.165, 1.54) is 50.6 Å². The quantitative estimate of drug-likeness (QED) is 0.0860. The van der Waals surface area contributed by atoms with E-state index in [9.17, 15) is 20.2 Å². The highest BCUT2D eigenvalue weighted by molar-refractivity contribution is 5.92. The molecule has 3 aromatic rings. The number of rotatable bonds is 8. The summed E-state index contributed by atoms with van der Waals surface area (Å²) in [5.74, 6) is 0.441. The molecule has 0 bridgehead atoms. The molecule has 0 spiro atoms. The predicted octanol–water partition coefficient (Wildman–Crippen LogP) is 5.29. The lowest BCUT2D eigenvalue weighted by Gasteiger charge is -2.10. The molecule has 0 radical (unpaired) electrons. The van der Waals surface area contributed by atoms with Crippen LogP contribution in [0.2, 0.25) is 0 Å². The van der Waals surface area contributed by atoms with Crippen molar-refractivity contribution >= 4 is 29.4 Å². The molecule has 0 aliphatic carbocycles. The molecular formula is C26H20N2O6. The number of hydrogen-bond acceptors (Lipinski definition) is 7. The van der Waals surface area contributed by atoms with Gasteiger partial charge in [-0.25, -0.2) is 4.79 Å². The van der Waals surface area contributed by atoms with E-state index in [2.05, 4.69) is 6.07 Å². The van der Waals surface area contributed by atoms with Gasteiger partial charge in [0.15, 0.2) is 11.5 Å². The molecule has 8 heteroatoms. The molecule has 0 aromatic heterocycles. The molecule has 170 valence electrons. The monoisotopic (exact) mass is 456 g/mol. The van der Waals surface area contributed by atoms with Crippen molar-refractivity contribution in [3.8, 4) is 23.3 Å². The molecule has 0 atom stereocenters. The van der Waals surface area contributed by atoms with E-state index in [0.29, 0.717) is 33.8 Å². The average Bonchev–Trinajstić information content (AvgIpc) is 2.87. The fourth-order valence-corrected chi connectivity index (χ4v) is 3.08. The maximum Gasteiger partial charge on any atom is 0.336 e. The summed E-state index contributed by atoms with van der Waals surface area (Å²) < 4.78 is 16.0. The highest BCUT2D eigenvalue weighted by Crippen LogP contribution is 2.32. The third-order valence-electron chi connectivity index (χ3n) is 4.74. The summed E-state index contributed by atoms with van der Waals surface area (Å²) in [6.07, 6.45) is 4.38. The Morgan fingerprint density at radius 2 is 1.62 bits per heavy atom. The van der Waals surface area contributed by atoms with Crippen molar-refractivity contribution in [2.45, 2.75) is 0 Å². The molecule has 8 nitrogen and oxygen atoms in total. The van der Waals surface area contributed by atoms with Gasteiger partial charge in [0.2, 0.25) is 0 Å². The first-order valence-corrected chi connectivity index (χ1v) is 10.0. The second-order valence-corrected chi connectivity index (χ2v) is 6.88. The number of carbonyl (C=O) groups is 1. The van der Waals surface area contributed by atoms with Gasteiger partial charge < -0.3 is 14.2 Å². The van der Waals surface area contributed by atoms with Crippen LogP contribution in [0, 0.1) is 21.4 Å². The van der Waals surface area contributed by atoms with Crippen molar-refractivity contribution in [1.29, 1.82) is 5.26 Å². The van der Waals surface area contributed by atoms with Crippen LogP contribution in [0.5, 0.6) is 17.2 Å². The molecule has 0 fully saturated rings. The first kappa shape index (κ1) is 23.8. The molecule has 0 saturated heterocycles. The molecule has 3 rings (SSSR count). The lowest BCUT2D eigenvalue weighted by Crippen LogP contribution is -2.05. The third kappa shape index (κ3) is 5.87. The fourth-order valence-electron chi connectivity index (χ4n) is 3.08. The summed E-state index contributed by atoms with van der Waals surface area (Å²) in [7, 11) is 2.98. The minimum atomic E-state index is -0.647. The maximum atomic E-state index is 12.3. The summed E-state index contributed by atoms with van der Waals surface area (Å²) >= 11 is 0. The molecule has 0 N–H and O–H groups in total. The molecule has 34 heavy (non-hydrogen) atoms. The van der Waals surface area contributed by atoms with Crippen LogP contribution in [0.3, 0.4) is 0 Å². The SMILES string of the molecule is COc1cc(/C=C(/C#N)c2ccccc2OC)ccc1OC(=O)/C=C/c1ccc([N+](=O)[O-])cc1. The average molecular weight is 456 g/mol. The van der Waals surface area contributed by atoms with E-state index in [1.807, 2.05) is 12.1 Å². The number of methoxy groups -OCH3 is 2. The molecule has 0 amide bonds. The molecular weight excluding hydrogens is 436 g/mol. The van der Waals surface area contributed by atoms with Crippen molar-refractivity contribution < 1.29 is 23.9 Å². The number of carbonyl (C=O) groups excluding carboxylic acids is 1. The number of non-ortho nitro benzene ring substituents is 1. The number of nitro groups is 1. The van der Waals surface area contributed by atoms with Gasteiger partial charge in [-0.05, 0) is 59.7 Å². The molecule has 0 aliphatic rings. The van der Waals surface area contributed by atoms with E-state index in [0.717, 1.165) is 0 Å². The van der Waals surface area contributed by atoms with E-state index >= 15 is 0 Å². The summed E-state index contributed by atoms with van der Waals surface area (Å²) in [5.41, 5.74) is 2.29. The van der Waals surface area contributed by atoms with Crippen LogP contribution in [0.25, 0.3) is 17.7 Å². The molecule has 0 unspecified atom stereocenters. The topological polar surface area (TPSA) is 112 Å². The molecule has 3 aromatic carbocycles. The van der Waals surface area contributed by atoms with Gasteiger partial charge in [-0.2, -0.15) is 5.26 Å². The van der Waals surface area contributed by atoms with E-state index in [1.54, 1.807) is 36.4 Å². The van der Waals surface area contributed by atoms with Crippen molar-refractivity contribution in [1.82, 2.24) is 0 Å². The third-order valence-corrected chi connectivity index (χ3v) is 4.74. The molecule has 0 heterocycles.